The van der Waals surface area contributed by atoms with Crippen molar-refractivity contribution in [3.05, 3.63) is 0 Å². The van der Waals surface area contributed by atoms with E-state index in [-0.39, 0.29) is 6.17 Å². The first-order valence-electron chi connectivity index (χ1n) is 5.47. The van der Waals surface area contributed by atoms with Gasteiger partial charge in [0.2, 0.25) is 0 Å². The molecule has 0 spiro atoms. The third-order valence-corrected chi connectivity index (χ3v) is 1.82. The fourth-order valence-corrected chi connectivity index (χ4v) is 1.07. The van der Waals surface area contributed by atoms with E-state index in [1.54, 1.807) is 0 Å². The highest BCUT2D eigenvalue weighted by atomic mass is 14.9. The zero-order valence-corrected chi connectivity index (χ0v) is 9.21. The summed E-state index contributed by atoms with van der Waals surface area (Å²) in [6.07, 6.45) is 5.89. The largest absolute Gasteiger partial charge is 0.316 e. The van der Waals surface area contributed by atoms with Crippen molar-refractivity contribution in [2.24, 2.45) is 16.5 Å². The fraction of sp³-hybridized carbons (Fsp3) is 0.900. The number of aliphatic imine (C=N–C) groups is 1. The molecule has 0 saturated heterocycles. The second-order valence-corrected chi connectivity index (χ2v) is 3.43. The second kappa shape index (κ2) is 10.6. The average molecular weight is 200 g/mol. The van der Waals surface area contributed by atoms with Gasteiger partial charge >= 0.3 is 0 Å². The minimum atomic E-state index is -0.164. The van der Waals surface area contributed by atoms with Crippen LogP contribution in [0.1, 0.15) is 32.6 Å². The lowest BCUT2D eigenvalue weighted by Gasteiger charge is -2.05. The molecule has 0 aromatic heterocycles. The van der Waals surface area contributed by atoms with Gasteiger partial charge in [-0.15, -0.1) is 0 Å². The van der Waals surface area contributed by atoms with E-state index in [9.17, 15) is 0 Å². The topological polar surface area (TPSA) is 76.4 Å². The Morgan fingerprint density at radius 2 is 2.14 bits per heavy atom. The molecule has 0 aliphatic carbocycles. The van der Waals surface area contributed by atoms with Gasteiger partial charge in [-0.1, -0.05) is 6.92 Å². The summed E-state index contributed by atoms with van der Waals surface area (Å²) in [5.74, 6) is 0. The summed E-state index contributed by atoms with van der Waals surface area (Å²) >= 11 is 0. The Kier molecular flexibility index (Phi) is 10.3. The predicted octanol–water partition coefficient (Wildman–Crippen LogP) is 0.471. The Morgan fingerprint density at radius 1 is 1.36 bits per heavy atom. The molecule has 4 heteroatoms. The van der Waals surface area contributed by atoms with Crippen molar-refractivity contribution in [2.45, 2.75) is 38.8 Å². The van der Waals surface area contributed by atoms with Gasteiger partial charge in [0, 0.05) is 13.1 Å². The molecule has 0 bridgehead atoms. The molecule has 4 nitrogen and oxygen atoms in total. The van der Waals surface area contributed by atoms with Crippen molar-refractivity contribution < 1.29 is 0 Å². The molecule has 0 radical (unpaired) electrons. The SMILES string of the molecule is CCCN=CCCNCCCC(N)N. The van der Waals surface area contributed by atoms with Gasteiger partial charge in [-0.25, -0.2) is 0 Å². The lowest BCUT2D eigenvalue weighted by Crippen LogP contribution is -2.31. The van der Waals surface area contributed by atoms with Crippen LogP contribution < -0.4 is 16.8 Å². The molecule has 0 fully saturated rings. The van der Waals surface area contributed by atoms with E-state index in [0.29, 0.717) is 0 Å². The van der Waals surface area contributed by atoms with Crippen LogP contribution in [-0.4, -0.2) is 32.0 Å². The van der Waals surface area contributed by atoms with Gasteiger partial charge in [0.05, 0.1) is 6.17 Å². The van der Waals surface area contributed by atoms with Gasteiger partial charge < -0.3 is 16.8 Å². The summed E-state index contributed by atoms with van der Waals surface area (Å²) in [5.41, 5.74) is 10.8. The molecule has 0 aliphatic rings. The van der Waals surface area contributed by atoms with Crippen LogP contribution in [0.5, 0.6) is 0 Å². The summed E-state index contributed by atoms with van der Waals surface area (Å²) in [7, 11) is 0. The van der Waals surface area contributed by atoms with Crippen LogP contribution in [0.15, 0.2) is 4.99 Å². The number of nitrogens with two attached hydrogens (primary N) is 2. The summed E-state index contributed by atoms with van der Waals surface area (Å²) in [6, 6.07) is 0. The maximum atomic E-state index is 5.42. The molecule has 0 aliphatic heterocycles. The molecule has 0 aromatic carbocycles. The first kappa shape index (κ1) is 13.5. The van der Waals surface area contributed by atoms with Crippen LogP contribution in [-0.2, 0) is 0 Å². The van der Waals surface area contributed by atoms with E-state index >= 15 is 0 Å². The minimum Gasteiger partial charge on any atom is -0.316 e. The van der Waals surface area contributed by atoms with E-state index < -0.39 is 0 Å². The highest BCUT2D eigenvalue weighted by molar-refractivity contribution is 5.57. The van der Waals surface area contributed by atoms with Gasteiger partial charge in [0.1, 0.15) is 0 Å². The number of nitrogens with one attached hydrogen (secondary N) is 1. The maximum Gasteiger partial charge on any atom is 0.0521 e. The zero-order valence-electron chi connectivity index (χ0n) is 9.21. The fourth-order valence-electron chi connectivity index (χ4n) is 1.07. The molecular weight excluding hydrogens is 176 g/mol. The Bertz CT molecular complexity index is 134. The van der Waals surface area contributed by atoms with Gasteiger partial charge in [-0.3, -0.25) is 4.99 Å². The highest BCUT2D eigenvalue weighted by Crippen LogP contribution is 1.86. The molecule has 0 heterocycles. The second-order valence-electron chi connectivity index (χ2n) is 3.43. The van der Waals surface area contributed by atoms with Gasteiger partial charge in [0.25, 0.3) is 0 Å². The third-order valence-electron chi connectivity index (χ3n) is 1.82. The minimum absolute atomic E-state index is 0.164. The van der Waals surface area contributed by atoms with Crippen molar-refractivity contribution >= 4 is 6.21 Å². The molecule has 14 heavy (non-hydrogen) atoms. The quantitative estimate of drug-likeness (QED) is 0.288. The summed E-state index contributed by atoms with van der Waals surface area (Å²) in [6.45, 7) is 5.06. The Labute approximate surface area is 87.1 Å². The Hall–Kier alpha value is -0.450. The molecule has 0 unspecified atom stereocenters. The van der Waals surface area contributed by atoms with Crippen LogP contribution in [0.4, 0.5) is 0 Å². The number of hydrogen-bond donors (Lipinski definition) is 3. The lowest BCUT2D eigenvalue weighted by atomic mass is 10.2. The normalized spacial score (nSPS) is 11.7. The van der Waals surface area contributed by atoms with E-state index in [4.69, 9.17) is 11.5 Å². The number of hydrogen-bond acceptors (Lipinski definition) is 4. The van der Waals surface area contributed by atoms with E-state index in [1.807, 2.05) is 6.21 Å². The molecule has 5 N–H and O–H groups in total. The molecular formula is C10H24N4. The van der Waals surface area contributed by atoms with Crippen LogP contribution in [0.2, 0.25) is 0 Å². The molecule has 0 saturated carbocycles. The molecule has 0 amide bonds. The van der Waals surface area contributed by atoms with Crippen molar-refractivity contribution in [1.82, 2.24) is 5.32 Å². The molecule has 84 valence electrons. The number of nitrogens with zero attached hydrogens (tertiary/aromatic N) is 1. The monoisotopic (exact) mass is 200 g/mol. The van der Waals surface area contributed by atoms with E-state index in [2.05, 4.69) is 17.2 Å². The van der Waals surface area contributed by atoms with Crippen LogP contribution >= 0.6 is 0 Å². The molecule has 0 rings (SSSR count). The van der Waals surface area contributed by atoms with Gasteiger partial charge in [-0.05, 0) is 38.4 Å². The molecule has 0 aromatic rings. The Morgan fingerprint density at radius 3 is 2.79 bits per heavy atom. The van der Waals surface area contributed by atoms with E-state index in [0.717, 1.165) is 45.3 Å². The van der Waals surface area contributed by atoms with Crippen LogP contribution in [0.3, 0.4) is 0 Å². The average Bonchev–Trinajstić information content (AvgIpc) is 2.15. The summed E-state index contributed by atoms with van der Waals surface area (Å²) < 4.78 is 0. The lowest BCUT2D eigenvalue weighted by molar-refractivity contribution is 0.566. The number of rotatable bonds is 9. The Balaban J connectivity index is 2.99. The van der Waals surface area contributed by atoms with Crippen molar-refractivity contribution in [3.63, 3.8) is 0 Å². The molecule has 0 atom stereocenters. The van der Waals surface area contributed by atoms with Crippen LogP contribution in [0, 0.1) is 0 Å². The zero-order chi connectivity index (χ0) is 10.6. The van der Waals surface area contributed by atoms with Crippen molar-refractivity contribution in [3.8, 4) is 0 Å². The third kappa shape index (κ3) is 11.6. The van der Waals surface area contributed by atoms with Crippen molar-refractivity contribution in [2.75, 3.05) is 19.6 Å². The smallest absolute Gasteiger partial charge is 0.0521 e. The van der Waals surface area contributed by atoms with Gasteiger partial charge in [0.15, 0.2) is 0 Å². The highest BCUT2D eigenvalue weighted by Gasteiger charge is 1.92. The summed E-state index contributed by atoms with van der Waals surface area (Å²) in [5, 5.41) is 3.32. The van der Waals surface area contributed by atoms with Crippen LogP contribution in [0.25, 0.3) is 0 Å². The van der Waals surface area contributed by atoms with Gasteiger partial charge in [-0.2, -0.15) is 0 Å². The predicted molar refractivity (Wildman–Crippen MR) is 62.5 cm³/mol. The summed E-state index contributed by atoms with van der Waals surface area (Å²) in [4.78, 5) is 4.23. The van der Waals surface area contributed by atoms with Crippen molar-refractivity contribution in [1.29, 1.82) is 0 Å². The first-order valence-corrected chi connectivity index (χ1v) is 5.47. The maximum absolute atomic E-state index is 5.42. The first-order chi connectivity index (χ1) is 6.77. The standard InChI is InChI=1S/C10H24N4/c1-2-6-13-8-4-9-14-7-3-5-10(11)12/h8,10,14H,2-7,9,11-12H2,1H3. The van der Waals surface area contributed by atoms with E-state index in [1.165, 1.54) is 0 Å².